The molecule has 1 aliphatic heterocycles. The number of hydrogen-bond acceptors (Lipinski definition) is 4. The van der Waals surface area contributed by atoms with Gasteiger partial charge in [-0.05, 0) is 40.8 Å². The Hall–Kier alpha value is -1.16. The first kappa shape index (κ1) is 12.3. The number of nitrogens with one attached hydrogen (secondary N) is 1. The Morgan fingerprint density at radius 3 is 2.65 bits per heavy atom. The van der Waals surface area contributed by atoms with Crippen LogP contribution in [0.2, 0.25) is 0 Å². The fraction of sp³-hybridized carbons (Fsp3) is 0.111. The maximum atomic E-state index is 11.6. The molecule has 6 nitrogen and oxygen atoms in total. The zero-order chi connectivity index (χ0) is 12.6. The molecule has 17 heavy (non-hydrogen) atoms. The Morgan fingerprint density at radius 1 is 1.47 bits per heavy atom. The first-order chi connectivity index (χ1) is 7.94. The van der Waals surface area contributed by atoms with Crippen molar-refractivity contribution in [2.24, 2.45) is 0 Å². The molecule has 0 saturated heterocycles. The lowest BCUT2D eigenvalue weighted by Gasteiger charge is -2.15. The van der Waals surface area contributed by atoms with Crippen LogP contribution in [0.15, 0.2) is 30.3 Å². The second-order valence-electron chi connectivity index (χ2n) is 3.24. The number of ether oxygens (including phenoxy) is 1. The summed E-state index contributed by atoms with van der Waals surface area (Å²) in [6, 6.07) is 4.90. The molecule has 0 amide bonds. The van der Waals surface area contributed by atoms with Crippen molar-refractivity contribution in [1.82, 2.24) is 4.72 Å². The van der Waals surface area contributed by atoms with Crippen LogP contribution in [0.3, 0.4) is 0 Å². The monoisotopic (exact) mass is 368 g/mol. The molecule has 0 aliphatic carbocycles. The van der Waals surface area contributed by atoms with E-state index in [1.54, 1.807) is 18.2 Å². The molecule has 2 N–H and O–H groups in total. The van der Waals surface area contributed by atoms with Gasteiger partial charge in [-0.15, -0.1) is 0 Å². The van der Waals surface area contributed by atoms with E-state index in [2.05, 4.69) is 0 Å². The van der Waals surface area contributed by atoms with Crippen LogP contribution >= 0.6 is 22.6 Å². The van der Waals surface area contributed by atoms with E-state index in [-0.39, 0.29) is 0 Å². The van der Waals surface area contributed by atoms with Crippen LogP contribution in [-0.2, 0) is 10.2 Å². The van der Waals surface area contributed by atoms with E-state index in [0.29, 0.717) is 11.4 Å². The highest BCUT2D eigenvalue weighted by Crippen LogP contribution is 2.29. The predicted molar refractivity (Wildman–Crippen MR) is 71.0 cm³/mol. The lowest BCUT2D eigenvalue weighted by atomic mass is 10.3. The molecule has 0 aromatic heterocycles. The Bertz CT molecular complexity index is 585. The third-order valence-corrected chi connectivity index (χ3v) is 4.27. The minimum Gasteiger partial charge on any atom is -0.496 e. The molecule has 0 bridgehead atoms. The summed E-state index contributed by atoms with van der Waals surface area (Å²) >= 11 is 2.04. The van der Waals surface area contributed by atoms with Crippen LogP contribution in [0.4, 0.5) is 5.69 Å². The van der Waals surface area contributed by atoms with Gasteiger partial charge >= 0.3 is 10.2 Å². The summed E-state index contributed by atoms with van der Waals surface area (Å²) in [4.78, 5) is 0. The van der Waals surface area contributed by atoms with Crippen LogP contribution in [0.5, 0.6) is 5.75 Å². The van der Waals surface area contributed by atoms with Gasteiger partial charge in [-0.3, -0.25) is 0 Å². The normalized spacial score (nSPS) is 17.5. The summed E-state index contributed by atoms with van der Waals surface area (Å²) in [7, 11) is -2.19. The maximum Gasteiger partial charge on any atom is 0.330 e. The quantitative estimate of drug-likeness (QED) is 0.772. The second kappa shape index (κ2) is 4.26. The number of methoxy groups -OCH3 is 1. The van der Waals surface area contributed by atoms with Gasteiger partial charge in [0.15, 0.2) is 0 Å². The number of aliphatic hydroxyl groups excluding tert-OH is 1. The average Bonchev–Trinajstić information content (AvgIpc) is 2.51. The second-order valence-corrected chi connectivity index (χ2v) is 5.95. The number of nitrogens with zero attached hydrogens (tertiary/aromatic N) is 1. The van der Waals surface area contributed by atoms with Crippen LogP contribution in [0.25, 0.3) is 0 Å². The number of benzene rings is 1. The van der Waals surface area contributed by atoms with E-state index in [4.69, 9.17) is 9.84 Å². The van der Waals surface area contributed by atoms with E-state index in [9.17, 15) is 8.42 Å². The molecule has 1 aliphatic rings. The molecule has 0 fully saturated rings. The summed E-state index contributed by atoms with van der Waals surface area (Å²) < 4.78 is 32.0. The van der Waals surface area contributed by atoms with Gasteiger partial charge in [0, 0.05) is 0 Å². The molecule has 0 saturated carbocycles. The molecule has 1 aromatic rings. The highest BCUT2D eigenvalue weighted by molar-refractivity contribution is 14.1. The van der Waals surface area contributed by atoms with Crippen molar-refractivity contribution in [3.63, 3.8) is 0 Å². The van der Waals surface area contributed by atoms with Crippen molar-refractivity contribution in [1.29, 1.82) is 0 Å². The number of halogens is 1. The average molecular weight is 368 g/mol. The molecule has 8 heteroatoms. The van der Waals surface area contributed by atoms with Gasteiger partial charge in [0.25, 0.3) is 0 Å². The summed E-state index contributed by atoms with van der Waals surface area (Å²) in [5.41, 5.74) is 0.423. The van der Waals surface area contributed by atoms with E-state index in [0.717, 1.165) is 14.1 Å². The molecule has 92 valence electrons. The van der Waals surface area contributed by atoms with Gasteiger partial charge in [-0.25, -0.2) is 9.03 Å². The molecule has 1 heterocycles. The van der Waals surface area contributed by atoms with Gasteiger partial charge in [0.05, 0.1) is 22.6 Å². The van der Waals surface area contributed by atoms with E-state index in [1.807, 2.05) is 27.3 Å². The van der Waals surface area contributed by atoms with E-state index >= 15 is 0 Å². The molecular weight excluding hydrogens is 359 g/mol. The molecule has 0 spiro atoms. The van der Waals surface area contributed by atoms with Crippen LogP contribution < -0.4 is 13.8 Å². The highest BCUT2D eigenvalue weighted by Gasteiger charge is 2.28. The molecule has 0 radical (unpaired) electrons. The largest absolute Gasteiger partial charge is 0.496 e. The molecule has 0 atom stereocenters. The zero-order valence-corrected chi connectivity index (χ0v) is 11.7. The first-order valence-corrected chi connectivity index (χ1v) is 7.02. The van der Waals surface area contributed by atoms with Crippen molar-refractivity contribution < 1.29 is 18.3 Å². The fourth-order valence-corrected chi connectivity index (χ4v) is 3.16. The number of aliphatic hydroxyl groups is 1. The molecule has 2 rings (SSSR count). The Balaban J connectivity index is 2.45. The third-order valence-electron chi connectivity index (χ3n) is 2.12. The summed E-state index contributed by atoms with van der Waals surface area (Å²) in [6.45, 7) is 0. The van der Waals surface area contributed by atoms with Crippen molar-refractivity contribution in [2.75, 3.05) is 11.4 Å². The first-order valence-electron chi connectivity index (χ1n) is 4.50. The standard InChI is InChI=1S/C9H9IN2O4S/c1-16-8-3-2-6(4-7(8)10)12-5-9(13)11-17(12,14)15/h2-5,11,13H,1H3. The molecule has 1 aromatic carbocycles. The van der Waals surface area contributed by atoms with Gasteiger partial charge in [-0.2, -0.15) is 8.42 Å². The Morgan fingerprint density at radius 2 is 2.18 bits per heavy atom. The summed E-state index contributed by atoms with van der Waals surface area (Å²) in [5.74, 6) is 0.253. The SMILES string of the molecule is COc1ccc(N2C=C(O)NS2(=O)=O)cc1I. The minimum absolute atomic E-state index is 0.407. The molecule has 0 unspecified atom stereocenters. The highest BCUT2D eigenvalue weighted by atomic mass is 127. The third kappa shape index (κ3) is 2.27. The summed E-state index contributed by atoms with van der Waals surface area (Å²) in [5, 5.41) is 9.17. The number of rotatable bonds is 2. The number of anilines is 1. The Labute approximate surface area is 112 Å². The summed E-state index contributed by atoms with van der Waals surface area (Å²) in [6.07, 6.45) is 1.10. The van der Waals surface area contributed by atoms with Crippen molar-refractivity contribution in [3.8, 4) is 5.75 Å². The Kier molecular flexibility index (Phi) is 3.08. The van der Waals surface area contributed by atoms with Gasteiger partial charge in [0.2, 0.25) is 5.88 Å². The van der Waals surface area contributed by atoms with Crippen molar-refractivity contribution in [2.45, 2.75) is 0 Å². The van der Waals surface area contributed by atoms with E-state index < -0.39 is 16.1 Å². The molecular formula is C9H9IN2O4S. The minimum atomic E-state index is -3.73. The fourth-order valence-electron chi connectivity index (χ4n) is 1.39. The zero-order valence-electron chi connectivity index (χ0n) is 8.71. The number of hydrogen-bond donors (Lipinski definition) is 2. The van der Waals surface area contributed by atoms with Crippen LogP contribution in [0.1, 0.15) is 0 Å². The van der Waals surface area contributed by atoms with Crippen molar-refractivity contribution >= 4 is 38.5 Å². The predicted octanol–water partition coefficient (Wildman–Crippen LogP) is 1.31. The van der Waals surface area contributed by atoms with Crippen LogP contribution in [0, 0.1) is 3.57 Å². The topological polar surface area (TPSA) is 78.9 Å². The van der Waals surface area contributed by atoms with Gasteiger partial charge < -0.3 is 9.84 Å². The lowest BCUT2D eigenvalue weighted by molar-refractivity contribution is 0.392. The van der Waals surface area contributed by atoms with E-state index in [1.165, 1.54) is 7.11 Å². The van der Waals surface area contributed by atoms with Crippen LogP contribution in [-0.4, -0.2) is 20.6 Å². The maximum absolute atomic E-state index is 11.6. The van der Waals surface area contributed by atoms with Crippen molar-refractivity contribution in [3.05, 3.63) is 33.9 Å². The van der Waals surface area contributed by atoms with Gasteiger partial charge in [0.1, 0.15) is 5.75 Å². The smallest absolute Gasteiger partial charge is 0.330 e. The lowest BCUT2D eigenvalue weighted by Crippen LogP contribution is -2.29. The van der Waals surface area contributed by atoms with Gasteiger partial charge in [-0.1, -0.05) is 0 Å².